The molecule has 2 aromatic rings. The highest BCUT2D eigenvalue weighted by Crippen LogP contribution is 2.35. The summed E-state index contributed by atoms with van der Waals surface area (Å²) in [5.74, 6) is 0.107. The normalized spacial score (nSPS) is 12.5. The monoisotopic (exact) mass is 442 g/mol. The Hall–Kier alpha value is -2.03. The van der Waals surface area contributed by atoms with E-state index < -0.39 is 26.7 Å². The molecule has 0 aliphatic carbocycles. The zero-order chi connectivity index (χ0) is 22.1. The fourth-order valence-corrected chi connectivity index (χ4v) is 3.88. The van der Waals surface area contributed by atoms with Crippen LogP contribution in [-0.2, 0) is 15.6 Å². The van der Waals surface area contributed by atoms with Gasteiger partial charge in [0.2, 0.25) is 5.09 Å². The molecule has 9 heteroatoms. The maximum Gasteiger partial charge on any atom is 0.333 e. The number of carbonyl (C=O) groups is 1. The first-order valence-corrected chi connectivity index (χ1v) is 11.1. The number of benzene rings is 1. The molecule has 160 valence electrons. The van der Waals surface area contributed by atoms with Gasteiger partial charge in [-0.3, -0.25) is 0 Å². The Kier molecular flexibility index (Phi) is 6.71. The van der Waals surface area contributed by atoms with Crippen molar-refractivity contribution in [2.75, 3.05) is 5.32 Å². The SMILES string of the molecule is CC(C)c1cc(Cl)cc(C(C)C)c1NC(=O)NS(=O)(=O)c1cc(C(C)(C)O)co1. The predicted octanol–water partition coefficient (Wildman–Crippen LogP) is 4.92. The summed E-state index contributed by atoms with van der Waals surface area (Å²) in [5, 5.41) is 12.7. The second-order valence-corrected chi connectivity index (χ2v) is 10.1. The first-order valence-electron chi connectivity index (χ1n) is 9.21. The predicted molar refractivity (Wildman–Crippen MR) is 113 cm³/mol. The number of anilines is 1. The summed E-state index contributed by atoms with van der Waals surface area (Å²) >= 11 is 6.22. The van der Waals surface area contributed by atoms with Gasteiger partial charge >= 0.3 is 6.03 Å². The van der Waals surface area contributed by atoms with Crippen molar-refractivity contribution in [1.82, 2.24) is 4.72 Å². The molecule has 0 saturated heterocycles. The number of halogens is 1. The molecule has 0 radical (unpaired) electrons. The van der Waals surface area contributed by atoms with Crippen LogP contribution in [0.15, 0.2) is 34.0 Å². The van der Waals surface area contributed by atoms with E-state index in [1.54, 1.807) is 12.1 Å². The zero-order valence-corrected chi connectivity index (χ0v) is 18.9. The van der Waals surface area contributed by atoms with E-state index in [1.807, 2.05) is 32.4 Å². The molecule has 0 unspecified atom stereocenters. The molecule has 1 aromatic carbocycles. The molecule has 29 heavy (non-hydrogen) atoms. The number of sulfonamides is 1. The zero-order valence-electron chi connectivity index (χ0n) is 17.3. The van der Waals surface area contributed by atoms with Crippen molar-refractivity contribution >= 4 is 33.3 Å². The number of hydrogen-bond acceptors (Lipinski definition) is 5. The van der Waals surface area contributed by atoms with E-state index in [-0.39, 0.29) is 17.4 Å². The third-order valence-electron chi connectivity index (χ3n) is 4.42. The molecule has 0 saturated carbocycles. The number of hydrogen-bond donors (Lipinski definition) is 3. The summed E-state index contributed by atoms with van der Waals surface area (Å²) in [4.78, 5) is 12.5. The standard InChI is InChI=1S/C20H27ClN2O5S/c1-11(2)15-8-14(21)9-16(12(3)4)18(15)22-19(24)23-29(26,27)17-7-13(10-28-17)20(5,6)25/h7-12,25H,1-6H3,(H2,22,23,24). The summed E-state index contributed by atoms with van der Waals surface area (Å²) in [6.45, 7) is 10.8. The number of urea groups is 1. The molecule has 2 amide bonds. The van der Waals surface area contributed by atoms with Crippen molar-refractivity contribution < 1.29 is 22.7 Å². The van der Waals surface area contributed by atoms with E-state index in [1.165, 1.54) is 19.9 Å². The van der Waals surface area contributed by atoms with Gasteiger partial charge in [-0.2, -0.15) is 8.42 Å². The lowest BCUT2D eigenvalue weighted by Gasteiger charge is -2.21. The van der Waals surface area contributed by atoms with Gasteiger partial charge in [-0.15, -0.1) is 0 Å². The molecule has 0 aliphatic heterocycles. The summed E-state index contributed by atoms with van der Waals surface area (Å²) in [7, 11) is -4.26. The molecule has 0 spiro atoms. The van der Waals surface area contributed by atoms with Gasteiger partial charge in [0.1, 0.15) is 0 Å². The van der Waals surface area contributed by atoms with Gasteiger partial charge in [0, 0.05) is 22.3 Å². The average molecular weight is 443 g/mol. The summed E-state index contributed by atoms with van der Waals surface area (Å²) in [5.41, 5.74) is 1.14. The maximum atomic E-state index is 12.5. The Bertz CT molecular complexity index is 975. The van der Waals surface area contributed by atoms with Crippen molar-refractivity contribution in [1.29, 1.82) is 0 Å². The molecule has 0 atom stereocenters. The lowest BCUT2D eigenvalue weighted by molar-refractivity contribution is 0.0779. The van der Waals surface area contributed by atoms with Crippen LogP contribution in [0.5, 0.6) is 0 Å². The second-order valence-electron chi connectivity index (χ2n) is 8.04. The third-order valence-corrected chi connectivity index (χ3v) is 5.84. The van der Waals surface area contributed by atoms with E-state index in [2.05, 4.69) is 5.32 Å². The van der Waals surface area contributed by atoms with Crippen LogP contribution in [0.3, 0.4) is 0 Å². The Morgan fingerprint density at radius 1 is 1.10 bits per heavy atom. The van der Waals surface area contributed by atoms with Gasteiger partial charge in [-0.05, 0) is 48.9 Å². The molecule has 3 N–H and O–H groups in total. The number of nitrogens with one attached hydrogen (secondary N) is 2. The highest BCUT2D eigenvalue weighted by molar-refractivity contribution is 7.89. The Morgan fingerprint density at radius 3 is 2.03 bits per heavy atom. The van der Waals surface area contributed by atoms with Crippen LogP contribution in [0.4, 0.5) is 10.5 Å². The number of furan rings is 1. The second kappa shape index (κ2) is 8.38. The van der Waals surface area contributed by atoms with E-state index >= 15 is 0 Å². The van der Waals surface area contributed by atoms with Crippen molar-refractivity contribution in [3.8, 4) is 0 Å². The minimum absolute atomic E-state index is 0.0533. The van der Waals surface area contributed by atoms with Crippen LogP contribution in [0, 0.1) is 0 Å². The molecular formula is C20H27ClN2O5S. The van der Waals surface area contributed by atoms with Gasteiger partial charge in [0.05, 0.1) is 11.9 Å². The van der Waals surface area contributed by atoms with Crippen molar-refractivity contribution in [2.45, 2.75) is 64.1 Å². The molecule has 0 bridgehead atoms. The molecule has 0 fully saturated rings. The summed E-state index contributed by atoms with van der Waals surface area (Å²) in [6, 6.07) is 3.77. The molecular weight excluding hydrogens is 416 g/mol. The average Bonchev–Trinajstić information content (AvgIpc) is 3.06. The minimum atomic E-state index is -4.26. The van der Waals surface area contributed by atoms with Gasteiger partial charge in [0.15, 0.2) is 0 Å². The lowest BCUT2D eigenvalue weighted by atomic mass is 9.92. The van der Waals surface area contributed by atoms with Crippen LogP contribution >= 0.6 is 11.6 Å². The highest BCUT2D eigenvalue weighted by atomic mass is 35.5. The molecule has 1 aromatic heterocycles. The Morgan fingerprint density at radius 2 is 1.62 bits per heavy atom. The minimum Gasteiger partial charge on any atom is -0.451 e. The van der Waals surface area contributed by atoms with Gasteiger partial charge in [-0.25, -0.2) is 9.52 Å². The van der Waals surface area contributed by atoms with Crippen LogP contribution in [0.2, 0.25) is 5.02 Å². The van der Waals surface area contributed by atoms with Gasteiger partial charge < -0.3 is 14.8 Å². The van der Waals surface area contributed by atoms with Crippen molar-refractivity contribution in [2.24, 2.45) is 0 Å². The van der Waals surface area contributed by atoms with Crippen LogP contribution < -0.4 is 10.0 Å². The molecule has 0 aliphatic rings. The van der Waals surface area contributed by atoms with Crippen LogP contribution in [-0.4, -0.2) is 19.6 Å². The lowest BCUT2D eigenvalue weighted by Crippen LogP contribution is -2.35. The fourth-order valence-electron chi connectivity index (χ4n) is 2.79. The van der Waals surface area contributed by atoms with Gasteiger partial charge in [0.25, 0.3) is 10.0 Å². The number of amides is 2. The van der Waals surface area contributed by atoms with E-state index in [9.17, 15) is 18.3 Å². The summed E-state index contributed by atoms with van der Waals surface area (Å²) in [6.07, 6.45) is 1.14. The number of aliphatic hydroxyl groups is 1. The number of rotatable bonds is 6. The smallest absolute Gasteiger partial charge is 0.333 e. The van der Waals surface area contributed by atoms with E-state index in [0.717, 1.165) is 17.4 Å². The van der Waals surface area contributed by atoms with Gasteiger partial charge in [-0.1, -0.05) is 39.3 Å². The third kappa shape index (κ3) is 5.52. The molecule has 7 nitrogen and oxygen atoms in total. The molecule has 2 rings (SSSR count). The van der Waals surface area contributed by atoms with E-state index in [4.69, 9.17) is 16.0 Å². The van der Waals surface area contributed by atoms with Crippen LogP contribution in [0.1, 0.15) is 70.1 Å². The summed E-state index contributed by atoms with van der Waals surface area (Å²) < 4.78 is 32.0. The van der Waals surface area contributed by atoms with Crippen molar-refractivity contribution in [3.63, 3.8) is 0 Å². The fraction of sp³-hybridized carbons (Fsp3) is 0.450. The largest absolute Gasteiger partial charge is 0.451 e. The van der Waals surface area contributed by atoms with Crippen LogP contribution in [0.25, 0.3) is 0 Å². The topological polar surface area (TPSA) is 109 Å². The first-order chi connectivity index (χ1) is 13.2. The quantitative estimate of drug-likeness (QED) is 0.588. The maximum absolute atomic E-state index is 12.5. The van der Waals surface area contributed by atoms with E-state index in [0.29, 0.717) is 10.7 Å². The number of carbonyl (C=O) groups excluding carboxylic acids is 1. The first kappa shape index (κ1) is 23.3. The molecule has 1 heterocycles. The Balaban J connectivity index is 2.32. The van der Waals surface area contributed by atoms with Crippen molar-refractivity contribution in [3.05, 3.63) is 46.2 Å². The highest BCUT2D eigenvalue weighted by Gasteiger charge is 2.27. The Labute approximate surface area is 176 Å².